The van der Waals surface area contributed by atoms with Crippen LogP contribution in [0.15, 0.2) is 175 Å². The molecule has 0 aliphatic rings. The highest BCUT2D eigenvalue weighted by Gasteiger charge is 2.21. The van der Waals surface area contributed by atoms with Gasteiger partial charge in [0.05, 0.1) is 0 Å². The minimum Gasteiger partial charge on any atom is -0.455 e. The van der Waals surface area contributed by atoms with E-state index in [-0.39, 0.29) is 0 Å². The number of fused-ring (bicyclic) bond motifs is 10. The van der Waals surface area contributed by atoms with Gasteiger partial charge < -0.3 is 4.42 Å². The van der Waals surface area contributed by atoms with Crippen LogP contribution in [0.4, 0.5) is 0 Å². The summed E-state index contributed by atoms with van der Waals surface area (Å²) in [6, 6.07) is 54.7. The van der Waals surface area contributed by atoms with Crippen molar-refractivity contribution in [1.82, 2.24) is 19.9 Å². The average molecular weight is 677 g/mol. The van der Waals surface area contributed by atoms with E-state index in [4.69, 9.17) is 19.4 Å². The van der Waals surface area contributed by atoms with Gasteiger partial charge in [-0.3, -0.25) is 4.98 Å². The van der Waals surface area contributed by atoms with Gasteiger partial charge in [0.2, 0.25) is 0 Å². The number of nitrogens with zero attached hydrogens (tertiary/aromatic N) is 4. The molecule has 0 spiro atoms. The summed E-state index contributed by atoms with van der Waals surface area (Å²) in [5.41, 5.74) is 6.54. The van der Waals surface area contributed by atoms with E-state index >= 15 is 0 Å². The molecule has 5 heteroatoms. The predicted octanol–water partition coefficient (Wildman–Crippen LogP) is 12.4. The third kappa shape index (κ3) is 4.64. The van der Waals surface area contributed by atoms with E-state index in [9.17, 15) is 0 Å². The van der Waals surface area contributed by atoms with Crippen LogP contribution < -0.4 is 0 Å². The lowest BCUT2D eigenvalue weighted by molar-refractivity contribution is 0.672. The molecular formula is C48H28N4O. The van der Waals surface area contributed by atoms with Crippen LogP contribution in [-0.4, -0.2) is 19.9 Å². The number of furan rings is 1. The van der Waals surface area contributed by atoms with E-state index in [0.717, 1.165) is 82.1 Å². The number of pyridine rings is 1. The molecule has 0 bridgehead atoms. The molecule has 5 nitrogen and oxygen atoms in total. The van der Waals surface area contributed by atoms with Gasteiger partial charge in [0.25, 0.3) is 0 Å². The van der Waals surface area contributed by atoms with Crippen LogP contribution in [0.2, 0.25) is 0 Å². The standard InChI is InChI=1S/C48H28N4O/c1-2-12-31(13-3-1)46-50-47(52-48(51-46)39-19-10-20-43-44(39)38-24-22-29-11-4-5-14-32(29)45(38)53-43)37-18-9-8-17-35(37)40-27-41-36(33-15-6-7-16-34(33)40)23-21-30-25-26-49-28-42(30)41/h1-28H. The van der Waals surface area contributed by atoms with Gasteiger partial charge in [-0.2, -0.15) is 0 Å². The van der Waals surface area contributed by atoms with Gasteiger partial charge >= 0.3 is 0 Å². The zero-order valence-corrected chi connectivity index (χ0v) is 28.4. The Balaban J connectivity index is 1.19. The first-order chi connectivity index (χ1) is 26.3. The summed E-state index contributed by atoms with van der Waals surface area (Å²) in [5, 5.41) is 11.2. The molecule has 3 heterocycles. The summed E-state index contributed by atoms with van der Waals surface area (Å²) >= 11 is 0. The van der Waals surface area contributed by atoms with Crippen LogP contribution in [0.25, 0.3) is 110 Å². The Kier molecular flexibility index (Phi) is 6.48. The molecule has 0 saturated heterocycles. The third-order valence-corrected chi connectivity index (χ3v) is 10.4. The Morgan fingerprint density at radius 3 is 1.89 bits per heavy atom. The van der Waals surface area contributed by atoms with Crippen molar-refractivity contribution >= 4 is 65.0 Å². The second kappa shape index (κ2) is 11.7. The summed E-state index contributed by atoms with van der Waals surface area (Å²) in [6.07, 6.45) is 3.82. The molecule has 0 atom stereocenters. The van der Waals surface area contributed by atoms with Crippen LogP contribution in [0.1, 0.15) is 0 Å². The van der Waals surface area contributed by atoms with Crippen LogP contribution >= 0.6 is 0 Å². The fourth-order valence-corrected chi connectivity index (χ4v) is 7.96. The Hall–Kier alpha value is -7.24. The highest BCUT2D eigenvalue weighted by Crippen LogP contribution is 2.42. The molecule has 0 unspecified atom stereocenters. The fraction of sp³-hybridized carbons (Fsp3) is 0. The molecule has 0 saturated carbocycles. The second-order valence-electron chi connectivity index (χ2n) is 13.4. The van der Waals surface area contributed by atoms with Gasteiger partial charge in [-0.1, -0.05) is 133 Å². The number of benzene rings is 8. The first kappa shape index (κ1) is 29.5. The van der Waals surface area contributed by atoms with E-state index in [1.54, 1.807) is 0 Å². The van der Waals surface area contributed by atoms with Gasteiger partial charge in [-0.15, -0.1) is 0 Å². The summed E-state index contributed by atoms with van der Waals surface area (Å²) in [5.74, 6) is 1.80. The van der Waals surface area contributed by atoms with Crippen molar-refractivity contribution in [2.45, 2.75) is 0 Å². The first-order valence-electron chi connectivity index (χ1n) is 17.7. The lowest BCUT2D eigenvalue weighted by Crippen LogP contribution is -2.01. The Labute approximate surface area is 303 Å². The Morgan fingerprint density at radius 1 is 0.377 bits per heavy atom. The number of rotatable bonds is 4. The number of hydrogen-bond donors (Lipinski definition) is 0. The second-order valence-corrected chi connectivity index (χ2v) is 13.4. The van der Waals surface area contributed by atoms with E-state index < -0.39 is 0 Å². The third-order valence-electron chi connectivity index (χ3n) is 10.4. The van der Waals surface area contributed by atoms with Crippen molar-refractivity contribution in [1.29, 1.82) is 0 Å². The largest absolute Gasteiger partial charge is 0.455 e. The molecule has 11 aromatic rings. The van der Waals surface area contributed by atoms with Crippen LogP contribution in [0.5, 0.6) is 0 Å². The molecule has 53 heavy (non-hydrogen) atoms. The molecule has 3 aromatic heterocycles. The minimum atomic E-state index is 0.588. The molecule has 0 fully saturated rings. The van der Waals surface area contributed by atoms with Gasteiger partial charge in [0, 0.05) is 50.6 Å². The van der Waals surface area contributed by atoms with Crippen LogP contribution in [0.3, 0.4) is 0 Å². The smallest absolute Gasteiger partial charge is 0.164 e. The van der Waals surface area contributed by atoms with Gasteiger partial charge in [0.1, 0.15) is 11.2 Å². The topological polar surface area (TPSA) is 64.7 Å². The minimum absolute atomic E-state index is 0.588. The van der Waals surface area contributed by atoms with Crippen molar-refractivity contribution < 1.29 is 4.42 Å². The Bertz CT molecular complexity index is 3240. The molecular weight excluding hydrogens is 649 g/mol. The van der Waals surface area contributed by atoms with Gasteiger partial charge in [-0.05, 0) is 67.7 Å². The maximum absolute atomic E-state index is 6.57. The maximum Gasteiger partial charge on any atom is 0.164 e. The number of aromatic nitrogens is 4. The van der Waals surface area contributed by atoms with Crippen molar-refractivity contribution in [3.8, 4) is 45.3 Å². The summed E-state index contributed by atoms with van der Waals surface area (Å²) in [4.78, 5) is 20.2. The molecule has 0 aliphatic carbocycles. The molecule has 0 N–H and O–H groups in total. The van der Waals surface area contributed by atoms with E-state index in [1.165, 1.54) is 10.8 Å². The van der Waals surface area contributed by atoms with Crippen molar-refractivity contribution in [2.75, 3.05) is 0 Å². The number of hydrogen-bond acceptors (Lipinski definition) is 5. The van der Waals surface area contributed by atoms with Crippen LogP contribution in [0, 0.1) is 0 Å². The van der Waals surface area contributed by atoms with Crippen molar-refractivity contribution in [3.63, 3.8) is 0 Å². The SMILES string of the molecule is c1ccc(-c2nc(-c3ccccc3-c3cc4c5cnccc5ccc4c4ccccc34)nc(-c3cccc4oc5c6ccccc6ccc5c34)n2)cc1. The monoisotopic (exact) mass is 676 g/mol. The van der Waals surface area contributed by atoms with Crippen LogP contribution in [-0.2, 0) is 0 Å². The maximum atomic E-state index is 6.57. The van der Waals surface area contributed by atoms with Gasteiger partial charge in [0.15, 0.2) is 17.5 Å². The molecule has 0 radical (unpaired) electrons. The molecule has 246 valence electrons. The normalized spacial score (nSPS) is 11.8. The van der Waals surface area contributed by atoms with E-state index in [0.29, 0.717) is 17.5 Å². The Morgan fingerprint density at radius 2 is 1.02 bits per heavy atom. The molecule has 11 rings (SSSR count). The summed E-state index contributed by atoms with van der Waals surface area (Å²) in [6.45, 7) is 0. The van der Waals surface area contributed by atoms with E-state index in [1.807, 2.05) is 54.9 Å². The molecule has 8 aromatic carbocycles. The zero-order valence-electron chi connectivity index (χ0n) is 28.4. The quantitative estimate of drug-likeness (QED) is 0.174. The highest BCUT2D eigenvalue weighted by molar-refractivity contribution is 6.22. The average Bonchev–Trinajstić information content (AvgIpc) is 3.63. The predicted molar refractivity (Wildman–Crippen MR) is 217 cm³/mol. The molecule has 0 aliphatic heterocycles. The highest BCUT2D eigenvalue weighted by atomic mass is 16.3. The lowest BCUT2D eigenvalue weighted by Gasteiger charge is -2.16. The first-order valence-corrected chi connectivity index (χ1v) is 17.7. The van der Waals surface area contributed by atoms with Crippen molar-refractivity contribution in [2.24, 2.45) is 0 Å². The zero-order chi connectivity index (χ0) is 34.9. The summed E-state index contributed by atoms with van der Waals surface area (Å²) < 4.78 is 6.57. The van der Waals surface area contributed by atoms with Crippen molar-refractivity contribution in [3.05, 3.63) is 170 Å². The summed E-state index contributed by atoms with van der Waals surface area (Å²) in [7, 11) is 0. The van der Waals surface area contributed by atoms with E-state index in [2.05, 4.69) is 120 Å². The van der Waals surface area contributed by atoms with Gasteiger partial charge in [-0.25, -0.2) is 15.0 Å². The fourth-order valence-electron chi connectivity index (χ4n) is 7.96. The molecule has 0 amide bonds. The lowest BCUT2D eigenvalue weighted by atomic mass is 9.89.